The van der Waals surface area contributed by atoms with E-state index in [9.17, 15) is 24.2 Å². The molecule has 2 fully saturated rings. The van der Waals surface area contributed by atoms with Gasteiger partial charge in [0.05, 0.1) is 28.3 Å². The monoisotopic (exact) mass is 580 g/mol. The molecule has 10 heteroatoms. The standard InChI is InChI=1S/C29H32Cl2F2N2O4/c1-28(2,3)12-23-29(15-10-18(32)17(31)11-19(15)34-27(29)39)24(14-5-4-6-16(30)25(14)33)26(35-23)22(38)9-13-7-20(36)21(37)8-13/h4-6,10-11,13,20-21,23-24,26,35-37H,7-9,12H2,1-3H3,(H,34,39)/t13?,20-,21+,23-,24+,26+,29+/m1/s1. The second-order valence-corrected chi connectivity index (χ2v) is 13.2. The molecule has 2 heterocycles. The lowest BCUT2D eigenvalue weighted by Crippen LogP contribution is -2.49. The number of aliphatic hydroxyl groups excluding tert-OH is 2. The van der Waals surface area contributed by atoms with Crippen molar-refractivity contribution >= 4 is 40.6 Å². The first-order valence-corrected chi connectivity index (χ1v) is 13.9. The second kappa shape index (κ2) is 10.1. The molecule has 1 saturated heterocycles. The van der Waals surface area contributed by atoms with Gasteiger partial charge in [-0.15, -0.1) is 0 Å². The van der Waals surface area contributed by atoms with Crippen LogP contribution in [0.15, 0.2) is 30.3 Å². The van der Waals surface area contributed by atoms with E-state index in [1.165, 1.54) is 24.3 Å². The second-order valence-electron chi connectivity index (χ2n) is 12.4. The highest BCUT2D eigenvalue weighted by atomic mass is 35.5. The van der Waals surface area contributed by atoms with Gasteiger partial charge in [0.1, 0.15) is 17.0 Å². The maximum atomic E-state index is 15.8. The number of carbonyl (C=O) groups excluding carboxylic acids is 2. The van der Waals surface area contributed by atoms with Gasteiger partial charge in [0.2, 0.25) is 5.91 Å². The molecule has 0 radical (unpaired) electrons. The lowest BCUT2D eigenvalue weighted by atomic mass is 9.62. The van der Waals surface area contributed by atoms with E-state index in [1.54, 1.807) is 6.07 Å². The zero-order valence-corrected chi connectivity index (χ0v) is 23.4. The summed E-state index contributed by atoms with van der Waals surface area (Å²) in [7, 11) is 0. The average molecular weight is 581 g/mol. The number of fused-ring (bicyclic) bond motifs is 2. The van der Waals surface area contributed by atoms with Gasteiger partial charge in [-0.3, -0.25) is 9.59 Å². The van der Waals surface area contributed by atoms with Crippen molar-refractivity contribution < 1.29 is 28.6 Å². The van der Waals surface area contributed by atoms with E-state index in [0.29, 0.717) is 17.7 Å². The summed E-state index contributed by atoms with van der Waals surface area (Å²) < 4.78 is 30.8. The molecule has 1 saturated carbocycles. The number of carbonyl (C=O) groups is 2. The molecular formula is C29H32Cl2F2N2O4. The van der Waals surface area contributed by atoms with Crippen LogP contribution < -0.4 is 10.6 Å². The minimum Gasteiger partial charge on any atom is -0.390 e. The van der Waals surface area contributed by atoms with Crippen molar-refractivity contribution in [3.05, 3.63) is 63.1 Å². The molecule has 1 amide bonds. The normalized spacial score (nSPS) is 32.1. The Hall–Kier alpha value is -2.10. The molecule has 210 valence electrons. The summed E-state index contributed by atoms with van der Waals surface area (Å²) in [5, 5.41) is 25.9. The minimum absolute atomic E-state index is 0.0201. The van der Waals surface area contributed by atoms with Crippen molar-refractivity contribution in [3.8, 4) is 0 Å². The zero-order valence-electron chi connectivity index (χ0n) is 21.9. The van der Waals surface area contributed by atoms with Crippen LogP contribution in [0.1, 0.15) is 63.5 Å². The first-order chi connectivity index (χ1) is 18.2. The third-order valence-electron chi connectivity index (χ3n) is 8.45. The Kier molecular flexibility index (Phi) is 7.34. The first-order valence-electron chi connectivity index (χ1n) is 13.1. The first kappa shape index (κ1) is 28.4. The van der Waals surface area contributed by atoms with E-state index in [-0.39, 0.29) is 52.0 Å². The van der Waals surface area contributed by atoms with Gasteiger partial charge in [0.25, 0.3) is 0 Å². The molecule has 2 aromatic carbocycles. The molecule has 5 rings (SSSR count). The molecule has 3 aliphatic rings. The van der Waals surface area contributed by atoms with Crippen molar-refractivity contribution in [1.29, 1.82) is 0 Å². The van der Waals surface area contributed by atoms with Gasteiger partial charge in [0.15, 0.2) is 5.78 Å². The lowest BCUT2D eigenvalue weighted by molar-refractivity contribution is -0.123. The fraction of sp³-hybridized carbons (Fsp3) is 0.517. The van der Waals surface area contributed by atoms with Gasteiger partial charge in [-0.05, 0) is 59.9 Å². The molecule has 2 aliphatic heterocycles. The molecule has 1 unspecified atom stereocenters. The van der Waals surface area contributed by atoms with Crippen LogP contribution in [0.3, 0.4) is 0 Å². The van der Waals surface area contributed by atoms with Crippen molar-refractivity contribution in [1.82, 2.24) is 5.32 Å². The van der Waals surface area contributed by atoms with Crippen LogP contribution in [0.5, 0.6) is 0 Å². The summed E-state index contributed by atoms with van der Waals surface area (Å²) in [4.78, 5) is 28.1. The van der Waals surface area contributed by atoms with Crippen LogP contribution in [0.2, 0.25) is 10.0 Å². The Balaban J connectivity index is 1.71. The van der Waals surface area contributed by atoms with E-state index in [1.807, 2.05) is 20.8 Å². The number of hydrogen-bond donors (Lipinski definition) is 4. The van der Waals surface area contributed by atoms with Crippen LogP contribution in [0.4, 0.5) is 14.5 Å². The topological polar surface area (TPSA) is 98.7 Å². The van der Waals surface area contributed by atoms with Gasteiger partial charge in [-0.2, -0.15) is 0 Å². The number of amides is 1. The Labute approximate surface area is 236 Å². The molecule has 0 aromatic heterocycles. The van der Waals surface area contributed by atoms with Gasteiger partial charge in [0, 0.05) is 24.1 Å². The number of hydrogen-bond acceptors (Lipinski definition) is 5. The minimum atomic E-state index is -1.55. The van der Waals surface area contributed by atoms with Gasteiger partial charge >= 0.3 is 0 Å². The smallest absolute Gasteiger partial charge is 0.237 e. The van der Waals surface area contributed by atoms with Crippen LogP contribution in [-0.2, 0) is 15.0 Å². The number of nitrogens with one attached hydrogen (secondary N) is 2. The van der Waals surface area contributed by atoms with Crippen molar-refractivity contribution in [3.63, 3.8) is 0 Å². The number of halogens is 4. The van der Waals surface area contributed by atoms with Crippen molar-refractivity contribution in [2.75, 3.05) is 5.32 Å². The van der Waals surface area contributed by atoms with Crippen LogP contribution >= 0.6 is 23.2 Å². The Morgan fingerprint density at radius 2 is 1.77 bits per heavy atom. The van der Waals surface area contributed by atoms with Gasteiger partial charge in [-0.25, -0.2) is 8.78 Å². The Bertz CT molecular complexity index is 1320. The maximum Gasteiger partial charge on any atom is 0.237 e. The lowest BCUT2D eigenvalue weighted by Gasteiger charge is -2.37. The third-order valence-corrected chi connectivity index (χ3v) is 9.03. The van der Waals surface area contributed by atoms with Gasteiger partial charge < -0.3 is 20.8 Å². The average Bonchev–Trinajstić information content (AvgIpc) is 3.42. The van der Waals surface area contributed by atoms with Crippen molar-refractivity contribution in [2.24, 2.45) is 11.3 Å². The molecule has 4 N–H and O–H groups in total. The fourth-order valence-corrected chi connectivity index (χ4v) is 7.23. The van der Waals surface area contributed by atoms with E-state index in [4.69, 9.17) is 23.2 Å². The molecule has 2 aromatic rings. The SMILES string of the molecule is CC(C)(C)C[C@H]1N[C@@H](C(=O)CC2C[C@@H](O)[C@@H](O)C2)[C@H](c2cccc(Cl)c2F)[C@@]12C(=O)Nc1cc(Cl)c(F)cc12. The highest BCUT2D eigenvalue weighted by Crippen LogP contribution is 2.57. The summed E-state index contributed by atoms with van der Waals surface area (Å²) in [5.74, 6) is -3.57. The van der Waals surface area contributed by atoms with E-state index in [2.05, 4.69) is 10.6 Å². The summed E-state index contributed by atoms with van der Waals surface area (Å²) in [6.45, 7) is 5.97. The fourth-order valence-electron chi connectivity index (χ4n) is 6.89. The molecule has 1 aliphatic carbocycles. The van der Waals surface area contributed by atoms with Crippen LogP contribution in [-0.4, -0.2) is 46.2 Å². The Morgan fingerprint density at radius 3 is 2.41 bits per heavy atom. The number of aliphatic hydroxyl groups is 2. The number of Topliss-reactive ketones (excluding diaryl/α,β-unsaturated/α-hetero) is 1. The predicted molar refractivity (Wildman–Crippen MR) is 145 cm³/mol. The highest BCUT2D eigenvalue weighted by molar-refractivity contribution is 6.31. The molecule has 6 nitrogen and oxygen atoms in total. The predicted octanol–water partition coefficient (Wildman–Crippen LogP) is 5.11. The van der Waals surface area contributed by atoms with Crippen molar-refractivity contribution in [2.45, 2.75) is 82.1 Å². The third kappa shape index (κ3) is 4.78. The summed E-state index contributed by atoms with van der Waals surface area (Å²) in [6, 6.07) is 5.32. The molecule has 0 bridgehead atoms. The molecule has 1 spiro atoms. The number of rotatable bonds is 5. The number of benzene rings is 2. The van der Waals surface area contributed by atoms with E-state index < -0.39 is 53.2 Å². The summed E-state index contributed by atoms with van der Waals surface area (Å²) in [5.41, 5.74) is -1.17. The molecular weight excluding hydrogens is 549 g/mol. The largest absolute Gasteiger partial charge is 0.390 e. The quantitative estimate of drug-likeness (QED) is 0.394. The number of anilines is 1. The van der Waals surface area contributed by atoms with Gasteiger partial charge in [-0.1, -0.05) is 56.1 Å². The van der Waals surface area contributed by atoms with Crippen LogP contribution in [0, 0.1) is 23.0 Å². The van der Waals surface area contributed by atoms with Crippen LogP contribution in [0.25, 0.3) is 0 Å². The Morgan fingerprint density at radius 1 is 1.10 bits per heavy atom. The molecule has 39 heavy (non-hydrogen) atoms. The zero-order chi connectivity index (χ0) is 28.4. The molecule has 7 atom stereocenters. The van der Waals surface area contributed by atoms with E-state index >= 15 is 4.39 Å². The number of ketones is 1. The maximum absolute atomic E-state index is 15.8. The summed E-state index contributed by atoms with van der Waals surface area (Å²) in [6.07, 6.45) is -0.875. The summed E-state index contributed by atoms with van der Waals surface area (Å²) >= 11 is 12.3. The highest BCUT2D eigenvalue weighted by Gasteiger charge is 2.66. The van der Waals surface area contributed by atoms with E-state index in [0.717, 1.165) is 0 Å².